The molecule has 0 saturated carbocycles. The normalized spacial score (nSPS) is 16.9. The van der Waals surface area contributed by atoms with Crippen LogP contribution in [0.2, 0.25) is 0 Å². The zero-order chi connectivity index (χ0) is 18.0. The highest BCUT2D eigenvalue weighted by atomic mass is 16.3. The summed E-state index contributed by atoms with van der Waals surface area (Å²) in [6, 6.07) is -0.0695. The van der Waals surface area contributed by atoms with Gasteiger partial charge in [0.2, 0.25) is 5.91 Å². The van der Waals surface area contributed by atoms with Crippen LogP contribution in [0.1, 0.15) is 59.1 Å². The Morgan fingerprint density at radius 3 is 2.84 bits per heavy atom. The summed E-state index contributed by atoms with van der Waals surface area (Å²) in [5, 5.41) is 2.82. The Hall–Kier alpha value is -2.77. The van der Waals surface area contributed by atoms with Crippen molar-refractivity contribution < 1.29 is 14.0 Å². The zero-order valence-electron chi connectivity index (χ0n) is 14.6. The van der Waals surface area contributed by atoms with Gasteiger partial charge in [-0.1, -0.05) is 0 Å². The summed E-state index contributed by atoms with van der Waals surface area (Å²) in [6.07, 6.45) is 4.76. The minimum Gasteiger partial charge on any atom is -0.448 e. The summed E-state index contributed by atoms with van der Waals surface area (Å²) < 4.78 is 5.06. The van der Waals surface area contributed by atoms with E-state index in [9.17, 15) is 9.59 Å². The van der Waals surface area contributed by atoms with Crippen LogP contribution in [0.15, 0.2) is 17.0 Å². The van der Waals surface area contributed by atoms with Gasteiger partial charge < -0.3 is 14.6 Å². The molecule has 2 amide bonds. The number of aryl methyl sites for hydroxylation is 2. The number of hydrogen-bond donors (Lipinski definition) is 1. The molecule has 0 aromatic carbocycles. The summed E-state index contributed by atoms with van der Waals surface area (Å²) >= 11 is 0. The molecule has 0 aliphatic carbocycles. The zero-order valence-corrected chi connectivity index (χ0v) is 14.6. The van der Waals surface area contributed by atoms with E-state index < -0.39 is 0 Å². The first-order valence-electron chi connectivity index (χ1n) is 8.25. The number of carbonyl (C=O) groups excluding carboxylic acids is 2. The fourth-order valence-corrected chi connectivity index (χ4v) is 3.15. The molecule has 1 saturated heterocycles. The fraction of sp³-hybridized carbons (Fsp3) is 0.471. The monoisotopic (exact) mass is 343 g/mol. The second kappa shape index (κ2) is 7.00. The van der Waals surface area contributed by atoms with Crippen molar-refractivity contribution in [1.29, 1.82) is 0 Å². The van der Waals surface area contributed by atoms with E-state index >= 15 is 0 Å². The van der Waals surface area contributed by atoms with E-state index in [4.69, 9.17) is 4.42 Å². The Morgan fingerprint density at radius 1 is 1.36 bits per heavy atom. The van der Waals surface area contributed by atoms with Crippen LogP contribution in [-0.2, 0) is 11.3 Å². The van der Waals surface area contributed by atoms with E-state index in [1.54, 1.807) is 20.0 Å². The maximum atomic E-state index is 12.2. The molecule has 1 aliphatic rings. The number of oxazole rings is 1. The molecule has 1 atom stereocenters. The Kier molecular flexibility index (Phi) is 4.78. The lowest BCUT2D eigenvalue weighted by molar-refractivity contribution is -0.129. The van der Waals surface area contributed by atoms with Crippen molar-refractivity contribution in [2.45, 2.75) is 46.2 Å². The van der Waals surface area contributed by atoms with E-state index in [2.05, 4.69) is 20.3 Å². The van der Waals surface area contributed by atoms with Crippen molar-refractivity contribution in [2.24, 2.45) is 0 Å². The molecular weight excluding hydrogens is 322 g/mol. The van der Waals surface area contributed by atoms with E-state index in [1.165, 1.54) is 6.39 Å². The van der Waals surface area contributed by atoms with Crippen LogP contribution in [-0.4, -0.2) is 38.2 Å². The van der Waals surface area contributed by atoms with Crippen molar-refractivity contribution in [1.82, 2.24) is 25.2 Å². The number of rotatable bonds is 4. The molecule has 0 bridgehead atoms. The number of hydrogen-bond acceptors (Lipinski definition) is 6. The van der Waals surface area contributed by atoms with Crippen LogP contribution < -0.4 is 5.32 Å². The van der Waals surface area contributed by atoms with Crippen LogP contribution in [0.4, 0.5) is 0 Å². The lowest BCUT2D eigenvalue weighted by atomic mass is 10.1. The maximum absolute atomic E-state index is 12.2. The molecule has 132 valence electrons. The lowest BCUT2D eigenvalue weighted by Crippen LogP contribution is -2.31. The maximum Gasteiger partial charge on any atom is 0.273 e. The number of amides is 2. The summed E-state index contributed by atoms with van der Waals surface area (Å²) in [4.78, 5) is 38.6. The lowest BCUT2D eigenvalue weighted by Gasteiger charge is -2.24. The highest BCUT2D eigenvalue weighted by molar-refractivity contribution is 5.93. The highest BCUT2D eigenvalue weighted by Gasteiger charge is 2.31. The minimum atomic E-state index is -0.312. The van der Waals surface area contributed by atoms with Crippen molar-refractivity contribution in [3.05, 3.63) is 41.1 Å². The quantitative estimate of drug-likeness (QED) is 0.906. The molecular formula is C17H21N5O3. The van der Waals surface area contributed by atoms with Crippen molar-refractivity contribution in [3.63, 3.8) is 0 Å². The van der Waals surface area contributed by atoms with E-state index in [-0.39, 0.29) is 30.1 Å². The summed E-state index contributed by atoms with van der Waals surface area (Å²) in [6.45, 7) is 6.07. The molecule has 8 nitrogen and oxygen atoms in total. The van der Waals surface area contributed by atoms with Gasteiger partial charge in [0.05, 0.1) is 11.7 Å². The molecule has 3 rings (SSSR count). The Morgan fingerprint density at radius 2 is 2.16 bits per heavy atom. The first-order chi connectivity index (χ1) is 12.0. The van der Waals surface area contributed by atoms with Gasteiger partial charge in [-0.15, -0.1) is 0 Å². The Labute approximate surface area is 145 Å². The van der Waals surface area contributed by atoms with E-state index in [0.717, 1.165) is 30.6 Å². The number of likely N-dealkylation sites (tertiary alicyclic amines) is 1. The fourth-order valence-electron chi connectivity index (χ4n) is 3.15. The molecule has 8 heteroatoms. The summed E-state index contributed by atoms with van der Waals surface area (Å²) in [5.41, 5.74) is 1.87. The van der Waals surface area contributed by atoms with Gasteiger partial charge in [-0.05, 0) is 26.7 Å². The smallest absolute Gasteiger partial charge is 0.273 e. The molecule has 25 heavy (non-hydrogen) atoms. The van der Waals surface area contributed by atoms with Gasteiger partial charge >= 0.3 is 0 Å². The predicted octanol–water partition coefficient (Wildman–Crippen LogP) is 1.69. The third kappa shape index (κ3) is 3.52. The van der Waals surface area contributed by atoms with Crippen LogP contribution in [0.5, 0.6) is 0 Å². The predicted molar refractivity (Wildman–Crippen MR) is 88.5 cm³/mol. The highest BCUT2D eigenvalue weighted by Crippen LogP contribution is 2.32. The van der Waals surface area contributed by atoms with Crippen LogP contribution in [0.25, 0.3) is 0 Å². The molecule has 1 fully saturated rings. The van der Waals surface area contributed by atoms with Crippen LogP contribution in [0, 0.1) is 13.8 Å². The number of nitrogens with zero attached hydrogens (tertiary/aromatic N) is 4. The van der Waals surface area contributed by atoms with Crippen molar-refractivity contribution in [2.75, 3.05) is 6.54 Å². The molecule has 0 spiro atoms. The molecule has 3 heterocycles. The van der Waals surface area contributed by atoms with Crippen molar-refractivity contribution >= 4 is 11.8 Å². The van der Waals surface area contributed by atoms with Gasteiger partial charge in [-0.3, -0.25) is 9.59 Å². The first-order valence-corrected chi connectivity index (χ1v) is 8.25. The average Bonchev–Trinajstić information content (AvgIpc) is 3.22. The van der Waals surface area contributed by atoms with Gasteiger partial charge in [0.25, 0.3) is 5.91 Å². The second-order valence-electron chi connectivity index (χ2n) is 6.14. The molecule has 0 unspecified atom stereocenters. The standard InChI is InChI=1S/C17H21N5O3/c1-10-15(20-9-25-10)17(24)19-8-13-7-18-11(2)21-16(13)14-5-4-6-22(14)12(3)23/h7,9,14H,4-6,8H2,1-3H3,(H,19,24)/t14-/m1/s1. The first kappa shape index (κ1) is 17.1. The molecule has 2 aromatic rings. The van der Waals surface area contributed by atoms with Crippen LogP contribution >= 0.6 is 0 Å². The van der Waals surface area contributed by atoms with Gasteiger partial charge in [0, 0.05) is 31.8 Å². The van der Waals surface area contributed by atoms with Gasteiger partial charge in [0.1, 0.15) is 11.6 Å². The number of nitrogens with one attached hydrogen (secondary N) is 1. The summed E-state index contributed by atoms with van der Waals surface area (Å²) in [7, 11) is 0. The second-order valence-corrected chi connectivity index (χ2v) is 6.14. The Balaban J connectivity index is 1.81. The van der Waals surface area contributed by atoms with E-state index in [0.29, 0.717) is 11.6 Å². The number of aromatic nitrogens is 3. The van der Waals surface area contributed by atoms with Gasteiger partial charge in [-0.2, -0.15) is 0 Å². The molecule has 1 N–H and O–H groups in total. The average molecular weight is 343 g/mol. The largest absolute Gasteiger partial charge is 0.448 e. The van der Waals surface area contributed by atoms with Crippen LogP contribution in [0.3, 0.4) is 0 Å². The third-order valence-electron chi connectivity index (χ3n) is 4.39. The molecule has 0 radical (unpaired) electrons. The van der Waals surface area contributed by atoms with Gasteiger partial charge in [0.15, 0.2) is 12.1 Å². The van der Waals surface area contributed by atoms with E-state index in [1.807, 2.05) is 11.8 Å². The SMILES string of the molecule is CC(=O)N1CCC[C@@H]1c1nc(C)ncc1CNC(=O)c1ncoc1C. The molecule has 1 aliphatic heterocycles. The molecule has 2 aromatic heterocycles. The topological polar surface area (TPSA) is 101 Å². The third-order valence-corrected chi connectivity index (χ3v) is 4.39. The van der Waals surface area contributed by atoms with Crippen molar-refractivity contribution in [3.8, 4) is 0 Å². The summed E-state index contributed by atoms with van der Waals surface area (Å²) in [5.74, 6) is 0.837. The minimum absolute atomic E-state index is 0.0342. The number of carbonyl (C=O) groups is 2. The Bertz CT molecular complexity index is 801. The van der Waals surface area contributed by atoms with Gasteiger partial charge in [-0.25, -0.2) is 15.0 Å².